The molecule has 1 N–H and O–H groups in total. The number of likely N-dealkylation sites (tertiary alicyclic amines) is 1. The maximum absolute atomic E-state index is 12.4. The van der Waals surface area contributed by atoms with E-state index in [4.69, 9.17) is 0 Å². The van der Waals surface area contributed by atoms with E-state index in [1.165, 1.54) is 4.90 Å². The standard InChI is InChI=1S/C18H21BrN2O3/c1-11-6-7-12(10-15(11)19)20-16(22)8-9-21-17(23)13-4-2-3-5-14(13)18(21)24/h6-7,10,13-14H,2-5,8-9H2,1H3,(H,20,22). The number of hydrogen-bond acceptors (Lipinski definition) is 3. The average molecular weight is 393 g/mol. The van der Waals surface area contributed by atoms with E-state index in [-0.39, 0.29) is 42.5 Å². The van der Waals surface area contributed by atoms with Crippen LogP contribution in [0.4, 0.5) is 5.69 Å². The van der Waals surface area contributed by atoms with E-state index in [1.807, 2.05) is 25.1 Å². The Labute approximate surface area is 149 Å². The van der Waals surface area contributed by atoms with Gasteiger partial charge in [-0.15, -0.1) is 0 Å². The van der Waals surface area contributed by atoms with Gasteiger partial charge in [-0.3, -0.25) is 19.3 Å². The lowest BCUT2D eigenvalue weighted by atomic mass is 9.81. The minimum absolute atomic E-state index is 0.0874. The van der Waals surface area contributed by atoms with Crippen molar-refractivity contribution in [3.8, 4) is 0 Å². The lowest BCUT2D eigenvalue weighted by Gasteiger charge is -2.19. The summed E-state index contributed by atoms with van der Waals surface area (Å²) in [6, 6.07) is 5.59. The van der Waals surface area contributed by atoms with Crippen LogP contribution in [0.1, 0.15) is 37.7 Å². The summed E-state index contributed by atoms with van der Waals surface area (Å²) in [5.41, 5.74) is 1.79. The summed E-state index contributed by atoms with van der Waals surface area (Å²) >= 11 is 3.43. The number of anilines is 1. The molecule has 1 saturated heterocycles. The second-order valence-corrected chi connectivity index (χ2v) is 7.44. The average Bonchev–Trinajstić information content (AvgIpc) is 2.81. The van der Waals surface area contributed by atoms with Crippen molar-refractivity contribution < 1.29 is 14.4 Å². The van der Waals surface area contributed by atoms with Gasteiger partial charge in [-0.2, -0.15) is 0 Å². The highest BCUT2D eigenvalue weighted by atomic mass is 79.9. The lowest BCUT2D eigenvalue weighted by Crippen LogP contribution is -2.34. The summed E-state index contributed by atoms with van der Waals surface area (Å²) in [6.45, 7) is 2.14. The Morgan fingerprint density at radius 2 is 1.83 bits per heavy atom. The molecule has 24 heavy (non-hydrogen) atoms. The van der Waals surface area contributed by atoms with Gasteiger partial charge in [-0.05, 0) is 37.5 Å². The molecule has 0 bridgehead atoms. The Morgan fingerprint density at radius 1 is 1.21 bits per heavy atom. The number of imide groups is 1. The first kappa shape index (κ1) is 17.1. The molecule has 2 atom stereocenters. The zero-order chi connectivity index (χ0) is 17.3. The van der Waals surface area contributed by atoms with Gasteiger partial charge in [0, 0.05) is 23.1 Å². The Bertz CT molecular complexity index is 665. The number of halogens is 1. The van der Waals surface area contributed by atoms with E-state index < -0.39 is 0 Å². The molecule has 2 aliphatic rings. The van der Waals surface area contributed by atoms with Gasteiger partial charge in [0.1, 0.15) is 0 Å². The van der Waals surface area contributed by atoms with Gasteiger partial charge >= 0.3 is 0 Å². The summed E-state index contributed by atoms with van der Waals surface area (Å²) in [5, 5.41) is 2.81. The molecule has 0 aromatic heterocycles. The molecule has 1 aliphatic heterocycles. The Kier molecular flexibility index (Phi) is 5.04. The molecule has 1 aromatic rings. The summed E-state index contributed by atoms with van der Waals surface area (Å²) in [4.78, 5) is 38.2. The second kappa shape index (κ2) is 7.05. The number of aryl methyl sites for hydroxylation is 1. The maximum Gasteiger partial charge on any atom is 0.233 e. The number of rotatable bonds is 4. The fourth-order valence-corrected chi connectivity index (χ4v) is 3.94. The molecular weight excluding hydrogens is 372 g/mol. The Morgan fingerprint density at radius 3 is 2.42 bits per heavy atom. The molecule has 1 heterocycles. The van der Waals surface area contributed by atoms with Crippen LogP contribution in [-0.4, -0.2) is 29.2 Å². The largest absolute Gasteiger partial charge is 0.326 e. The lowest BCUT2D eigenvalue weighted by molar-refractivity contribution is -0.140. The summed E-state index contributed by atoms with van der Waals surface area (Å²) in [6.07, 6.45) is 3.75. The van der Waals surface area contributed by atoms with E-state index in [9.17, 15) is 14.4 Å². The molecule has 1 aliphatic carbocycles. The van der Waals surface area contributed by atoms with E-state index in [0.717, 1.165) is 35.7 Å². The fraction of sp³-hybridized carbons (Fsp3) is 0.500. The Balaban J connectivity index is 1.57. The van der Waals surface area contributed by atoms with Gasteiger partial charge in [0.15, 0.2) is 0 Å². The van der Waals surface area contributed by atoms with Crippen molar-refractivity contribution in [3.05, 3.63) is 28.2 Å². The van der Waals surface area contributed by atoms with Crippen LogP contribution in [0.3, 0.4) is 0 Å². The van der Waals surface area contributed by atoms with Gasteiger partial charge in [0.25, 0.3) is 0 Å². The molecular formula is C18H21BrN2O3. The van der Waals surface area contributed by atoms with Crippen molar-refractivity contribution in [2.45, 2.75) is 39.0 Å². The number of hydrogen-bond donors (Lipinski definition) is 1. The minimum atomic E-state index is -0.193. The third kappa shape index (κ3) is 3.38. The highest BCUT2D eigenvalue weighted by Gasteiger charge is 2.47. The number of carbonyl (C=O) groups is 3. The van der Waals surface area contributed by atoms with E-state index in [0.29, 0.717) is 5.69 Å². The van der Waals surface area contributed by atoms with E-state index in [2.05, 4.69) is 21.2 Å². The van der Waals surface area contributed by atoms with Crippen LogP contribution in [0.25, 0.3) is 0 Å². The predicted octanol–water partition coefficient (Wildman–Crippen LogP) is 3.26. The molecule has 128 valence electrons. The third-order valence-corrected chi connectivity index (χ3v) is 5.80. The fourth-order valence-electron chi connectivity index (χ4n) is 3.56. The normalized spacial score (nSPS) is 23.3. The molecule has 2 fully saturated rings. The van der Waals surface area contributed by atoms with Crippen LogP contribution in [0.5, 0.6) is 0 Å². The number of carbonyl (C=O) groups excluding carboxylic acids is 3. The number of nitrogens with one attached hydrogen (secondary N) is 1. The van der Waals surface area contributed by atoms with E-state index >= 15 is 0 Å². The summed E-state index contributed by atoms with van der Waals surface area (Å²) < 4.78 is 0.925. The smallest absolute Gasteiger partial charge is 0.233 e. The molecule has 2 unspecified atom stereocenters. The van der Waals surface area contributed by atoms with Crippen LogP contribution < -0.4 is 5.32 Å². The molecule has 0 spiro atoms. The predicted molar refractivity (Wildman–Crippen MR) is 94.3 cm³/mol. The van der Waals surface area contributed by atoms with Crippen LogP contribution in [0.15, 0.2) is 22.7 Å². The van der Waals surface area contributed by atoms with Gasteiger partial charge < -0.3 is 5.32 Å². The molecule has 6 heteroatoms. The van der Waals surface area contributed by atoms with Crippen molar-refractivity contribution in [3.63, 3.8) is 0 Å². The highest BCUT2D eigenvalue weighted by molar-refractivity contribution is 9.10. The summed E-state index contributed by atoms with van der Waals surface area (Å²) in [7, 11) is 0. The molecule has 0 radical (unpaired) electrons. The zero-order valence-electron chi connectivity index (χ0n) is 13.7. The monoisotopic (exact) mass is 392 g/mol. The molecule has 5 nitrogen and oxygen atoms in total. The number of fused-ring (bicyclic) bond motifs is 1. The van der Waals surface area contributed by atoms with Crippen molar-refractivity contribution >= 4 is 39.3 Å². The van der Waals surface area contributed by atoms with Gasteiger partial charge in [0.2, 0.25) is 17.7 Å². The molecule has 1 aromatic carbocycles. The van der Waals surface area contributed by atoms with Crippen molar-refractivity contribution in [2.24, 2.45) is 11.8 Å². The van der Waals surface area contributed by atoms with Crippen LogP contribution >= 0.6 is 15.9 Å². The van der Waals surface area contributed by atoms with Gasteiger partial charge in [-0.25, -0.2) is 0 Å². The van der Waals surface area contributed by atoms with Crippen molar-refractivity contribution in [1.29, 1.82) is 0 Å². The molecule has 3 rings (SSSR count). The number of nitrogens with zero attached hydrogens (tertiary/aromatic N) is 1. The molecule has 3 amide bonds. The number of amides is 3. The van der Waals surface area contributed by atoms with Crippen molar-refractivity contribution in [2.75, 3.05) is 11.9 Å². The SMILES string of the molecule is Cc1ccc(NC(=O)CCN2C(=O)C3CCCCC3C2=O)cc1Br. The molecule has 1 saturated carbocycles. The first-order chi connectivity index (χ1) is 11.5. The third-order valence-electron chi connectivity index (χ3n) is 4.95. The van der Waals surface area contributed by atoms with Gasteiger partial charge in [-0.1, -0.05) is 34.8 Å². The highest BCUT2D eigenvalue weighted by Crippen LogP contribution is 2.38. The topological polar surface area (TPSA) is 66.5 Å². The second-order valence-electron chi connectivity index (χ2n) is 6.59. The van der Waals surface area contributed by atoms with Crippen LogP contribution in [0, 0.1) is 18.8 Å². The minimum Gasteiger partial charge on any atom is -0.326 e. The van der Waals surface area contributed by atoms with E-state index in [1.54, 1.807) is 0 Å². The first-order valence-corrected chi connectivity index (χ1v) is 9.18. The van der Waals surface area contributed by atoms with Crippen molar-refractivity contribution in [1.82, 2.24) is 4.90 Å². The van der Waals surface area contributed by atoms with Crippen LogP contribution in [-0.2, 0) is 14.4 Å². The maximum atomic E-state index is 12.4. The Hall–Kier alpha value is -1.69. The summed E-state index contributed by atoms with van der Waals surface area (Å²) in [5.74, 6) is -0.669. The quantitative estimate of drug-likeness (QED) is 0.799. The van der Waals surface area contributed by atoms with Crippen LogP contribution in [0.2, 0.25) is 0 Å². The zero-order valence-corrected chi connectivity index (χ0v) is 15.3. The first-order valence-electron chi connectivity index (χ1n) is 8.38. The van der Waals surface area contributed by atoms with Gasteiger partial charge in [0.05, 0.1) is 11.8 Å². The number of benzene rings is 1.